The van der Waals surface area contributed by atoms with Gasteiger partial charge in [-0.05, 0) is 18.2 Å². The van der Waals surface area contributed by atoms with Crippen molar-refractivity contribution in [3.63, 3.8) is 0 Å². The summed E-state index contributed by atoms with van der Waals surface area (Å²) in [5, 5.41) is 8.65. The Morgan fingerprint density at radius 3 is 2.47 bits per heavy atom. The van der Waals surface area contributed by atoms with Crippen LogP contribution in [0.2, 0.25) is 0 Å². The molecule has 0 unspecified atom stereocenters. The first-order chi connectivity index (χ1) is 17.5. The lowest BCUT2D eigenvalue weighted by atomic mass is 10.2. The first kappa shape index (κ1) is 22.3. The molecule has 182 valence electrons. The highest BCUT2D eigenvalue weighted by Gasteiger charge is 2.23. The van der Waals surface area contributed by atoms with E-state index >= 15 is 0 Å². The van der Waals surface area contributed by atoms with E-state index in [1.807, 2.05) is 30.2 Å². The summed E-state index contributed by atoms with van der Waals surface area (Å²) >= 11 is 1.22. The molecule has 6 rings (SSSR count). The molecule has 1 fully saturated rings. The van der Waals surface area contributed by atoms with Gasteiger partial charge >= 0.3 is 0 Å². The molecule has 36 heavy (non-hydrogen) atoms. The number of nitrogens with zero attached hydrogens (tertiary/aromatic N) is 9. The van der Waals surface area contributed by atoms with Crippen molar-refractivity contribution in [1.29, 1.82) is 0 Å². The second kappa shape index (κ2) is 9.11. The Morgan fingerprint density at radius 2 is 1.72 bits per heavy atom. The maximum Gasteiger partial charge on any atom is 0.227 e. The van der Waals surface area contributed by atoms with Crippen molar-refractivity contribution in [2.75, 3.05) is 41.7 Å². The van der Waals surface area contributed by atoms with Crippen molar-refractivity contribution >= 4 is 34.9 Å². The molecule has 12 heteroatoms. The summed E-state index contributed by atoms with van der Waals surface area (Å²) in [5.41, 5.74) is 9.22. The number of benzene rings is 1. The lowest BCUT2D eigenvalue weighted by Crippen LogP contribution is -2.47. The minimum atomic E-state index is -0.295. The van der Waals surface area contributed by atoms with E-state index < -0.39 is 0 Å². The largest absolute Gasteiger partial charge is 0.383 e. The predicted octanol–water partition coefficient (Wildman–Crippen LogP) is 3.12. The van der Waals surface area contributed by atoms with Gasteiger partial charge in [-0.15, -0.1) is 0 Å². The van der Waals surface area contributed by atoms with Crippen molar-refractivity contribution in [1.82, 2.24) is 34.3 Å². The van der Waals surface area contributed by atoms with E-state index in [1.54, 1.807) is 35.4 Å². The minimum Gasteiger partial charge on any atom is -0.383 e. The van der Waals surface area contributed by atoms with Gasteiger partial charge in [-0.3, -0.25) is 4.68 Å². The molecule has 0 spiro atoms. The van der Waals surface area contributed by atoms with E-state index in [9.17, 15) is 4.39 Å². The van der Waals surface area contributed by atoms with Crippen molar-refractivity contribution in [2.45, 2.75) is 9.79 Å². The number of rotatable bonds is 5. The zero-order valence-corrected chi connectivity index (χ0v) is 20.3. The number of anilines is 3. The van der Waals surface area contributed by atoms with E-state index in [1.165, 1.54) is 17.8 Å². The van der Waals surface area contributed by atoms with Crippen molar-refractivity contribution in [3.05, 3.63) is 67.3 Å². The van der Waals surface area contributed by atoms with Gasteiger partial charge in [-0.2, -0.15) is 15.2 Å². The Kier molecular flexibility index (Phi) is 5.64. The number of aromatic nitrogens is 7. The SMILES string of the molecule is Cn1cc(-c2cc3c(N4CCN(c5ncc(Sc6ccccc6F)c(N)n5)CC4)ncnn3c2)cn1. The standard InChI is InChI=1S/C24H23FN10S/c1-32-13-17(11-29-32)16-10-19-23(28-15-30-35(19)14-16)33-6-8-34(9-7-33)24-27-12-21(22(26)31-24)36-20-5-3-2-4-18(20)25/h2-5,10-15H,6-9H2,1H3,(H2,26,27,31). The predicted molar refractivity (Wildman–Crippen MR) is 137 cm³/mol. The van der Waals surface area contributed by atoms with Gasteiger partial charge in [0, 0.05) is 67.8 Å². The van der Waals surface area contributed by atoms with Gasteiger partial charge in [0.2, 0.25) is 5.95 Å². The molecule has 5 aromatic rings. The van der Waals surface area contributed by atoms with Crippen LogP contribution in [0.4, 0.5) is 22.0 Å². The van der Waals surface area contributed by atoms with Crippen LogP contribution in [0.25, 0.3) is 16.6 Å². The van der Waals surface area contributed by atoms with Gasteiger partial charge in [-0.25, -0.2) is 18.9 Å². The summed E-state index contributed by atoms with van der Waals surface area (Å²) in [4.78, 5) is 19.1. The van der Waals surface area contributed by atoms with Crippen LogP contribution in [-0.2, 0) is 7.05 Å². The maximum absolute atomic E-state index is 14.0. The molecule has 10 nitrogen and oxygen atoms in total. The molecule has 0 radical (unpaired) electrons. The topological polar surface area (TPSA) is 106 Å². The number of hydrogen-bond acceptors (Lipinski definition) is 9. The van der Waals surface area contributed by atoms with Crippen LogP contribution in [0.1, 0.15) is 0 Å². The van der Waals surface area contributed by atoms with Gasteiger partial charge in [0.05, 0.1) is 11.1 Å². The zero-order valence-electron chi connectivity index (χ0n) is 19.5. The average molecular weight is 503 g/mol. The Hall–Kier alpha value is -4.19. The highest BCUT2D eigenvalue weighted by molar-refractivity contribution is 7.99. The molecule has 0 atom stereocenters. The third kappa shape index (κ3) is 4.19. The molecule has 0 amide bonds. The molecular formula is C24H23FN10S. The summed E-state index contributed by atoms with van der Waals surface area (Å²) in [7, 11) is 1.90. The number of aryl methyl sites for hydroxylation is 1. The van der Waals surface area contributed by atoms with Crippen LogP contribution in [0.15, 0.2) is 71.2 Å². The van der Waals surface area contributed by atoms with Crippen molar-refractivity contribution in [2.24, 2.45) is 7.05 Å². The summed E-state index contributed by atoms with van der Waals surface area (Å²) in [6, 6.07) is 8.67. The lowest BCUT2D eigenvalue weighted by Gasteiger charge is -2.35. The third-order valence-corrected chi connectivity index (χ3v) is 7.20. The highest BCUT2D eigenvalue weighted by Crippen LogP contribution is 2.33. The molecule has 1 aliphatic rings. The lowest BCUT2D eigenvalue weighted by molar-refractivity contribution is 0.602. The smallest absolute Gasteiger partial charge is 0.227 e. The maximum atomic E-state index is 14.0. The molecule has 4 aromatic heterocycles. The zero-order chi connectivity index (χ0) is 24.6. The Bertz CT molecular complexity index is 1540. The average Bonchev–Trinajstić information content (AvgIpc) is 3.53. The van der Waals surface area contributed by atoms with Crippen LogP contribution in [-0.4, -0.2) is 60.5 Å². The normalized spacial score (nSPS) is 14.1. The summed E-state index contributed by atoms with van der Waals surface area (Å²) in [5.74, 6) is 1.50. The first-order valence-electron chi connectivity index (χ1n) is 11.4. The van der Waals surface area contributed by atoms with Crippen LogP contribution < -0.4 is 15.5 Å². The van der Waals surface area contributed by atoms with E-state index in [0.717, 1.165) is 35.6 Å². The van der Waals surface area contributed by atoms with Gasteiger partial charge in [0.25, 0.3) is 0 Å². The second-order valence-electron chi connectivity index (χ2n) is 8.47. The molecule has 1 aliphatic heterocycles. The quantitative estimate of drug-likeness (QED) is 0.388. The van der Waals surface area contributed by atoms with E-state index in [-0.39, 0.29) is 5.82 Å². The Labute approximate surface area is 210 Å². The number of nitrogen functional groups attached to an aromatic ring is 1. The Morgan fingerprint density at radius 1 is 0.917 bits per heavy atom. The van der Waals surface area contributed by atoms with Crippen molar-refractivity contribution in [3.8, 4) is 11.1 Å². The molecule has 0 saturated carbocycles. The monoisotopic (exact) mass is 502 g/mol. The van der Waals surface area contributed by atoms with Crippen LogP contribution in [0.3, 0.4) is 0 Å². The molecular weight excluding hydrogens is 479 g/mol. The van der Waals surface area contributed by atoms with Crippen LogP contribution in [0, 0.1) is 5.82 Å². The summed E-state index contributed by atoms with van der Waals surface area (Å²) < 4.78 is 17.6. The van der Waals surface area contributed by atoms with Gasteiger partial charge in [0.1, 0.15) is 23.5 Å². The highest BCUT2D eigenvalue weighted by atomic mass is 32.2. The van der Waals surface area contributed by atoms with Gasteiger partial charge < -0.3 is 15.5 Å². The fourth-order valence-corrected chi connectivity index (χ4v) is 5.06. The van der Waals surface area contributed by atoms with E-state index in [2.05, 4.69) is 41.0 Å². The fraction of sp³-hybridized carbons (Fsp3) is 0.208. The van der Waals surface area contributed by atoms with Crippen molar-refractivity contribution < 1.29 is 4.39 Å². The van der Waals surface area contributed by atoms with E-state index in [0.29, 0.717) is 34.6 Å². The molecule has 2 N–H and O–H groups in total. The van der Waals surface area contributed by atoms with Crippen LogP contribution >= 0.6 is 11.8 Å². The van der Waals surface area contributed by atoms with Crippen LogP contribution in [0.5, 0.6) is 0 Å². The van der Waals surface area contributed by atoms with Gasteiger partial charge in [0.15, 0.2) is 5.82 Å². The molecule has 1 aromatic carbocycles. The molecule has 0 aliphatic carbocycles. The summed E-state index contributed by atoms with van der Waals surface area (Å²) in [6.07, 6.45) is 9.05. The molecule has 0 bridgehead atoms. The molecule has 1 saturated heterocycles. The minimum absolute atomic E-state index is 0.295. The molecule has 5 heterocycles. The van der Waals surface area contributed by atoms with Gasteiger partial charge in [-0.1, -0.05) is 23.9 Å². The number of piperazine rings is 1. The number of halogens is 1. The first-order valence-corrected chi connectivity index (χ1v) is 12.2. The number of fused-ring (bicyclic) bond motifs is 1. The summed E-state index contributed by atoms with van der Waals surface area (Å²) in [6.45, 7) is 2.92. The number of nitrogens with two attached hydrogens (primary N) is 1. The fourth-order valence-electron chi connectivity index (χ4n) is 4.26. The van der Waals surface area contributed by atoms with E-state index in [4.69, 9.17) is 5.73 Å². The Balaban J connectivity index is 1.17. The second-order valence-corrected chi connectivity index (χ2v) is 9.55. The number of hydrogen-bond donors (Lipinski definition) is 1. The third-order valence-electron chi connectivity index (χ3n) is 6.11.